The monoisotopic (exact) mass is 464 g/mol. The molecule has 0 bridgehead atoms. The first kappa shape index (κ1) is 23.6. The summed E-state index contributed by atoms with van der Waals surface area (Å²) in [6, 6.07) is 28.1. The van der Waals surface area contributed by atoms with E-state index >= 15 is 0 Å². The van der Waals surface area contributed by atoms with E-state index in [4.69, 9.17) is 4.74 Å². The van der Waals surface area contributed by atoms with Crippen molar-refractivity contribution < 1.29 is 9.53 Å². The molecule has 4 aromatic carbocycles. The van der Waals surface area contributed by atoms with Gasteiger partial charge >= 0.3 is 5.97 Å². The molecule has 35 heavy (non-hydrogen) atoms. The number of hydrogen-bond donors (Lipinski definition) is 0. The third-order valence-corrected chi connectivity index (χ3v) is 7.63. The number of carbonyl (C=O) groups excluding carboxylic acids is 1. The molecule has 0 heterocycles. The van der Waals surface area contributed by atoms with Crippen molar-refractivity contribution >= 4 is 27.5 Å². The van der Waals surface area contributed by atoms with Gasteiger partial charge in [-0.1, -0.05) is 93.1 Å². The van der Waals surface area contributed by atoms with E-state index < -0.39 is 0 Å². The quantitative estimate of drug-likeness (QED) is 0.211. The second-order valence-corrected chi connectivity index (χ2v) is 10.7. The summed E-state index contributed by atoms with van der Waals surface area (Å²) in [5.41, 5.74) is 3.70. The van der Waals surface area contributed by atoms with Crippen LogP contribution in [0.3, 0.4) is 0 Å². The van der Waals surface area contributed by atoms with Crippen LogP contribution < -0.4 is 0 Å². The smallest absolute Gasteiger partial charge is 0.313 e. The van der Waals surface area contributed by atoms with E-state index in [1.165, 1.54) is 39.1 Å². The Hall–Kier alpha value is -3.13. The first-order chi connectivity index (χ1) is 17.0. The average molecular weight is 465 g/mol. The number of fused-ring (bicyclic) bond motifs is 2. The van der Waals surface area contributed by atoms with Crippen molar-refractivity contribution in [2.24, 2.45) is 5.92 Å². The summed E-state index contributed by atoms with van der Waals surface area (Å²) in [6.07, 6.45) is 5.22. The van der Waals surface area contributed by atoms with Gasteiger partial charge in [-0.05, 0) is 82.8 Å². The van der Waals surface area contributed by atoms with Gasteiger partial charge in [0.15, 0.2) is 0 Å². The minimum Gasteiger partial charge on any atom is -0.461 e. The summed E-state index contributed by atoms with van der Waals surface area (Å²) in [5.74, 6) is 0.457. The van der Waals surface area contributed by atoms with Crippen molar-refractivity contribution in [2.75, 3.05) is 0 Å². The highest BCUT2D eigenvalue weighted by Crippen LogP contribution is 2.42. The fraction of sp³-hybridized carbons (Fsp3) is 0.364. The number of esters is 1. The average Bonchev–Trinajstić information content (AvgIpc) is 2.87. The molecule has 3 atom stereocenters. The Labute approximate surface area is 209 Å². The second-order valence-electron chi connectivity index (χ2n) is 10.7. The summed E-state index contributed by atoms with van der Waals surface area (Å²) >= 11 is 0. The highest BCUT2D eigenvalue weighted by Gasteiger charge is 2.33. The molecule has 0 saturated heterocycles. The van der Waals surface area contributed by atoms with Gasteiger partial charge in [-0.2, -0.15) is 0 Å². The molecule has 5 rings (SSSR count). The van der Waals surface area contributed by atoms with Crippen LogP contribution in [-0.4, -0.2) is 12.1 Å². The van der Waals surface area contributed by atoms with Gasteiger partial charge < -0.3 is 4.74 Å². The number of hydrogen-bond acceptors (Lipinski definition) is 2. The molecular weight excluding hydrogens is 428 g/mol. The van der Waals surface area contributed by atoms with E-state index in [1.807, 2.05) is 6.92 Å². The summed E-state index contributed by atoms with van der Waals surface area (Å²) in [5, 5.41) is 5.08. The normalized spacial score (nSPS) is 19.2. The molecule has 2 nitrogen and oxygen atoms in total. The SMILES string of the molecule is CC(C)Cc1ccc([C@H](C)C(=O)O[C@@H]2CCCC[C@H]2c2c3ccccc3cc3ccccc23)cc1. The predicted molar refractivity (Wildman–Crippen MR) is 146 cm³/mol. The molecule has 1 aliphatic rings. The van der Waals surface area contributed by atoms with Gasteiger partial charge in [-0.15, -0.1) is 0 Å². The Morgan fingerprint density at radius 3 is 2.06 bits per heavy atom. The van der Waals surface area contributed by atoms with Crippen LogP contribution in [0, 0.1) is 5.92 Å². The minimum atomic E-state index is -0.269. The number of benzene rings is 4. The molecule has 0 N–H and O–H groups in total. The van der Waals surface area contributed by atoms with Crippen LogP contribution in [0.2, 0.25) is 0 Å². The summed E-state index contributed by atoms with van der Waals surface area (Å²) in [6.45, 7) is 6.44. The van der Waals surface area contributed by atoms with Gasteiger partial charge in [0.1, 0.15) is 6.10 Å². The van der Waals surface area contributed by atoms with Crippen molar-refractivity contribution in [1.82, 2.24) is 0 Å². The van der Waals surface area contributed by atoms with E-state index in [0.29, 0.717) is 5.92 Å². The van der Waals surface area contributed by atoms with Crippen LogP contribution in [0.5, 0.6) is 0 Å². The molecule has 0 radical (unpaired) electrons. The van der Waals surface area contributed by atoms with Gasteiger partial charge in [0, 0.05) is 5.92 Å². The standard InChI is InChI=1S/C33H36O2/c1-22(2)20-24-16-18-25(19-17-24)23(3)33(34)35-31-15-9-8-14-30(31)32-28-12-6-4-10-26(28)21-27-11-5-7-13-29(27)32/h4-7,10-13,16-19,21-23,30-31H,8-9,14-15,20H2,1-3H3/t23-,30+,31+/m0/s1. The highest BCUT2D eigenvalue weighted by atomic mass is 16.5. The summed E-state index contributed by atoms with van der Waals surface area (Å²) < 4.78 is 6.33. The van der Waals surface area contributed by atoms with Crippen LogP contribution in [0.15, 0.2) is 78.9 Å². The van der Waals surface area contributed by atoms with Gasteiger partial charge in [-0.3, -0.25) is 4.79 Å². The molecule has 1 fully saturated rings. The second kappa shape index (κ2) is 10.2. The number of rotatable bonds is 6. The van der Waals surface area contributed by atoms with E-state index in [-0.39, 0.29) is 23.9 Å². The van der Waals surface area contributed by atoms with Crippen molar-refractivity contribution in [3.05, 3.63) is 95.6 Å². The lowest BCUT2D eigenvalue weighted by Crippen LogP contribution is -2.30. The topological polar surface area (TPSA) is 26.3 Å². The maximum absolute atomic E-state index is 13.4. The van der Waals surface area contributed by atoms with Gasteiger partial charge in [0.25, 0.3) is 0 Å². The Bertz CT molecular complexity index is 1260. The van der Waals surface area contributed by atoms with Crippen molar-refractivity contribution in [1.29, 1.82) is 0 Å². The first-order valence-electron chi connectivity index (χ1n) is 13.2. The molecule has 4 aromatic rings. The van der Waals surface area contributed by atoms with Gasteiger partial charge in [-0.25, -0.2) is 0 Å². The molecule has 0 spiro atoms. The summed E-state index contributed by atoms with van der Waals surface area (Å²) in [4.78, 5) is 13.4. The fourth-order valence-corrected chi connectivity index (χ4v) is 5.82. The van der Waals surface area contributed by atoms with Crippen LogP contribution in [-0.2, 0) is 16.0 Å². The third-order valence-electron chi connectivity index (χ3n) is 7.63. The zero-order chi connectivity index (χ0) is 24.4. The molecule has 0 unspecified atom stereocenters. The lowest BCUT2D eigenvalue weighted by atomic mass is 9.77. The van der Waals surface area contributed by atoms with Gasteiger partial charge in [0.2, 0.25) is 0 Å². The lowest BCUT2D eigenvalue weighted by Gasteiger charge is -2.33. The predicted octanol–water partition coefficient (Wildman–Crippen LogP) is 8.56. The van der Waals surface area contributed by atoms with Crippen LogP contribution in [0.25, 0.3) is 21.5 Å². The highest BCUT2D eigenvalue weighted by molar-refractivity contribution is 6.02. The van der Waals surface area contributed by atoms with E-state index in [2.05, 4.69) is 92.7 Å². The van der Waals surface area contributed by atoms with Crippen LogP contribution in [0.1, 0.15) is 75.0 Å². The summed E-state index contributed by atoms with van der Waals surface area (Å²) in [7, 11) is 0. The van der Waals surface area contributed by atoms with Crippen LogP contribution in [0.4, 0.5) is 0 Å². The number of ether oxygens (including phenoxy) is 1. The lowest BCUT2D eigenvalue weighted by molar-refractivity contribution is -0.153. The molecule has 0 amide bonds. The zero-order valence-corrected chi connectivity index (χ0v) is 21.2. The maximum Gasteiger partial charge on any atom is 0.313 e. The molecule has 2 heteroatoms. The Kier molecular flexibility index (Phi) is 6.90. The molecule has 0 aliphatic heterocycles. The molecule has 1 aliphatic carbocycles. The largest absolute Gasteiger partial charge is 0.461 e. The maximum atomic E-state index is 13.4. The Morgan fingerprint density at radius 1 is 0.829 bits per heavy atom. The van der Waals surface area contributed by atoms with Crippen molar-refractivity contribution in [3.63, 3.8) is 0 Å². The number of carbonyl (C=O) groups is 1. The fourth-order valence-electron chi connectivity index (χ4n) is 5.82. The Morgan fingerprint density at radius 2 is 1.43 bits per heavy atom. The van der Waals surface area contributed by atoms with E-state index in [0.717, 1.165) is 31.2 Å². The Balaban J connectivity index is 1.44. The first-order valence-corrected chi connectivity index (χ1v) is 13.2. The van der Waals surface area contributed by atoms with Crippen molar-refractivity contribution in [2.45, 2.75) is 70.8 Å². The molecule has 1 saturated carbocycles. The third kappa shape index (κ3) is 4.98. The zero-order valence-electron chi connectivity index (χ0n) is 21.2. The molecule has 180 valence electrons. The van der Waals surface area contributed by atoms with Crippen molar-refractivity contribution in [3.8, 4) is 0 Å². The minimum absolute atomic E-state index is 0.0897. The molecular formula is C33H36O2. The molecule has 0 aromatic heterocycles. The van der Waals surface area contributed by atoms with E-state index in [9.17, 15) is 4.79 Å². The van der Waals surface area contributed by atoms with E-state index in [1.54, 1.807) is 0 Å². The van der Waals surface area contributed by atoms with Crippen LogP contribution >= 0.6 is 0 Å². The van der Waals surface area contributed by atoms with Gasteiger partial charge in [0.05, 0.1) is 5.92 Å².